The first-order valence-corrected chi connectivity index (χ1v) is 15.1. The van der Waals surface area contributed by atoms with Gasteiger partial charge in [0.2, 0.25) is 5.91 Å². The smallest absolute Gasteiger partial charge is 0.407 e. The molecule has 2 aliphatic rings. The fourth-order valence-electron chi connectivity index (χ4n) is 5.27. The number of hydrogen-bond acceptors (Lipinski definition) is 6. The number of carbonyl (C=O) groups is 3. The van der Waals surface area contributed by atoms with Crippen molar-refractivity contribution in [2.24, 2.45) is 5.92 Å². The van der Waals surface area contributed by atoms with Crippen LogP contribution in [0.2, 0.25) is 0 Å². The Balaban J connectivity index is 1.20. The summed E-state index contributed by atoms with van der Waals surface area (Å²) in [6.07, 6.45) is 3.11. The summed E-state index contributed by atoms with van der Waals surface area (Å²) < 4.78 is 19.5. The minimum atomic E-state index is -0.621. The minimum Gasteiger partial charge on any atom is -0.444 e. The van der Waals surface area contributed by atoms with E-state index in [2.05, 4.69) is 20.5 Å². The maximum atomic E-state index is 14.2. The van der Waals surface area contributed by atoms with Gasteiger partial charge in [-0.1, -0.05) is 30.3 Å². The van der Waals surface area contributed by atoms with Crippen LogP contribution in [0.25, 0.3) is 11.1 Å². The second kappa shape index (κ2) is 13.0. The highest BCUT2D eigenvalue weighted by molar-refractivity contribution is 5.93. The van der Waals surface area contributed by atoms with Gasteiger partial charge in [-0.3, -0.25) is 14.6 Å². The molecule has 44 heavy (non-hydrogen) atoms. The Kier molecular flexibility index (Phi) is 9.17. The fourth-order valence-corrected chi connectivity index (χ4v) is 5.27. The lowest BCUT2D eigenvalue weighted by Gasteiger charge is -2.36. The molecule has 3 amide bonds. The van der Waals surface area contributed by atoms with Crippen LogP contribution in [0.5, 0.6) is 0 Å². The third-order valence-corrected chi connectivity index (χ3v) is 7.82. The summed E-state index contributed by atoms with van der Waals surface area (Å²) in [7, 11) is 0. The van der Waals surface area contributed by atoms with E-state index in [0.717, 1.165) is 48.3 Å². The van der Waals surface area contributed by atoms with E-state index in [-0.39, 0.29) is 36.1 Å². The second-order valence-electron chi connectivity index (χ2n) is 12.5. The molecule has 0 radical (unpaired) electrons. The first-order valence-electron chi connectivity index (χ1n) is 15.1. The largest absolute Gasteiger partial charge is 0.444 e. The lowest BCUT2D eigenvalue weighted by atomic mass is 9.97. The van der Waals surface area contributed by atoms with Crippen molar-refractivity contribution in [3.8, 4) is 11.1 Å². The van der Waals surface area contributed by atoms with Gasteiger partial charge < -0.3 is 25.2 Å². The molecule has 0 spiro atoms. The van der Waals surface area contributed by atoms with E-state index < -0.39 is 11.7 Å². The van der Waals surface area contributed by atoms with Gasteiger partial charge in [0.15, 0.2) is 0 Å². The average Bonchev–Trinajstić information content (AvgIpc) is 3.85. The van der Waals surface area contributed by atoms with Gasteiger partial charge in [0.25, 0.3) is 5.91 Å². The Bertz CT molecular complexity index is 1510. The minimum absolute atomic E-state index is 0.180. The monoisotopic (exact) mass is 601 g/mol. The number of nitrogens with one attached hydrogen (secondary N) is 2. The molecule has 1 aliphatic carbocycles. The van der Waals surface area contributed by atoms with Crippen molar-refractivity contribution in [2.45, 2.75) is 58.7 Å². The number of pyridine rings is 1. The van der Waals surface area contributed by atoms with Gasteiger partial charge in [0.05, 0.1) is 6.04 Å². The number of aromatic nitrogens is 1. The molecule has 1 saturated heterocycles. The summed E-state index contributed by atoms with van der Waals surface area (Å²) in [6.45, 7) is 10.2. The first-order chi connectivity index (χ1) is 21.0. The number of benzene rings is 2. The molecule has 0 unspecified atom stereocenters. The molecule has 1 aliphatic heterocycles. The Hall–Kier alpha value is -4.47. The number of carbonyl (C=O) groups excluding carboxylic acids is 3. The number of alkyl carbamates (subject to hydrolysis) is 1. The normalized spacial score (nSPS) is 15.8. The molecular weight excluding hydrogens is 561 g/mol. The van der Waals surface area contributed by atoms with E-state index in [1.807, 2.05) is 42.2 Å². The highest BCUT2D eigenvalue weighted by Crippen LogP contribution is 2.32. The zero-order valence-corrected chi connectivity index (χ0v) is 25.7. The molecule has 0 bridgehead atoms. The molecule has 10 heteroatoms. The predicted molar refractivity (Wildman–Crippen MR) is 167 cm³/mol. The summed E-state index contributed by atoms with van der Waals surface area (Å²) in [5, 5.41) is 5.75. The van der Waals surface area contributed by atoms with Crippen molar-refractivity contribution in [3.05, 3.63) is 83.4 Å². The van der Waals surface area contributed by atoms with E-state index >= 15 is 0 Å². The van der Waals surface area contributed by atoms with Crippen LogP contribution in [-0.2, 0) is 16.1 Å². The predicted octanol–water partition coefficient (Wildman–Crippen LogP) is 5.46. The standard InChI is InChI=1S/C34H40FN5O4/c1-22(38-31(41)30-20-28(13-14-36-30)39-15-17-40(18-16-39)32(42)25-9-10-25)23-5-7-24(8-6-23)29-19-27(35)12-11-26(29)21-37-33(43)44-34(2,3)4/h5-8,11-14,19-20,22,25H,9-10,15-18,21H2,1-4H3,(H,37,43)(H,38,41)/t22-/m1/s1. The van der Waals surface area contributed by atoms with E-state index in [1.54, 1.807) is 39.1 Å². The number of anilines is 1. The van der Waals surface area contributed by atoms with Crippen molar-refractivity contribution in [1.29, 1.82) is 0 Å². The van der Waals surface area contributed by atoms with Crippen LogP contribution in [0.4, 0.5) is 14.9 Å². The SMILES string of the molecule is C[C@@H](NC(=O)c1cc(N2CCN(C(=O)C3CC3)CC2)ccn1)c1ccc(-c2cc(F)ccc2CNC(=O)OC(C)(C)C)cc1. The van der Waals surface area contributed by atoms with Gasteiger partial charge in [-0.2, -0.15) is 0 Å². The average molecular weight is 602 g/mol. The maximum Gasteiger partial charge on any atom is 0.407 e. The number of amides is 3. The molecule has 3 aromatic rings. The molecule has 232 valence electrons. The zero-order chi connectivity index (χ0) is 31.4. The molecule has 9 nitrogen and oxygen atoms in total. The lowest BCUT2D eigenvalue weighted by Crippen LogP contribution is -2.49. The van der Waals surface area contributed by atoms with E-state index in [4.69, 9.17) is 4.74 Å². The third kappa shape index (κ3) is 7.92. The van der Waals surface area contributed by atoms with Crippen LogP contribution in [0.1, 0.15) is 68.2 Å². The molecule has 1 atom stereocenters. The van der Waals surface area contributed by atoms with Gasteiger partial charge in [-0.05, 0) is 87.1 Å². The Morgan fingerprint density at radius 3 is 2.36 bits per heavy atom. The van der Waals surface area contributed by atoms with E-state index in [0.29, 0.717) is 24.3 Å². The Labute approximate surface area is 257 Å². The molecule has 2 heterocycles. The van der Waals surface area contributed by atoms with Gasteiger partial charge in [-0.25, -0.2) is 9.18 Å². The van der Waals surface area contributed by atoms with Gasteiger partial charge >= 0.3 is 6.09 Å². The Morgan fingerprint density at radius 1 is 1.00 bits per heavy atom. The van der Waals surface area contributed by atoms with Gasteiger partial charge in [0, 0.05) is 50.5 Å². The highest BCUT2D eigenvalue weighted by atomic mass is 19.1. The number of nitrogens with zero attached hydrogens (tertiary/aromatic N) is 3. The number of hydrogen-bond donors (Lipinski definition) is 2. The zero-order valence-electron chi connectivity index (χ0n) is 25.7. The van der Waals surface area contributed by atoms with Crippen LogP contribution in [0.3, 0.4) is 0 Å². The van der Waals surface area contributed by atoms with Crippen LogP contribution in [0, 0.1) is 11.7 Å². The Morgan fingerprint density at radius 2 is 1.70 bits per heavy atom. The number of piperazine rings is 1. The quantitative estimate of drug-likeness (QED) is 0.355. The molecular formula is C34H40FN5O4. The third-order valence-electron chi connectivity index (χ3n) is 7.82. The molecule has 1 aromatic heterocycles. The van der Waals surface area contributed by atoms with Crippen molar-refractivity contribution in [1.82, 2.24) is 20.5 Å². The van der Waals surface area contributed by atoms with Crippen LogP contribution in [-0.4, -0.2) is 59.6 Å². The molecule has 1 saturated carbocycles. The first kappa shape index (κ1) is 31.0. The fraction of sp³-hybridized carbons (Fsp3) is 0.412. The van der Waals surface area contributed by atoms with Crippen molar-refractivity contribution >= 4 is 23.6 Å². The van der Waals surface area contributed by atoms with Crippen molar-refractivity contribution < 1.29 is 23.5 Å². The topological polar surface area (TPSA) is 104 Å². The van der Waals surface area contributed by atoms with E-state index in [9.17, 15) is 18.8 Å². The van der Waals surface area contributed by atoms with Crippen molar-refractivity contribution in [2.75, 3.05) is 31.1 Å². The summed E-state index contributed by atoms with van der Waals surface area (Å²) in [5.74, 6) is -0.170. The molecule has 5 rings (SSSR count). The number of rotatable bonds is 8. The molecule has 2 aromatic carbocycles. The summed E-state index contributed by atoms with van der Waals surface area (Å²) in [5.41, 5.74) is 3.66. The van der Waals surface area contributed by atoms with Crippen LogP contribution >= 0.6 is 0 Å². The van der Waals surface area contributed by atoms with Gasteiger partial charge in [0.1, 0.15) is 17.1 Å². The number of ether oxygens (including phenoxy) is 1. The highest BCUT2D eigenvalue weighted by Gasteiger charge is 2.34. The summed E-state index contributed by atoms with van der Waals surface area (Å²) in [4.78, 5) is 46.1. The maximum absolute atomic E-state index is 14.2. The summed E-state index contributed by atoms with van der Waals surface area (Å²) in [6, 6.07) is 15.3. The van der Waals surface area contributed by atoms with E-state index in [1.165, 1.54) is 12.1 Å². The van der Waals surface area contributed by atoms with Crippen LogP contribution in [0.15, 0.2) is 60.8 Å². The lowest BCUT2D eigenvalue weighted by molar-refractivity contribution is -0.132. The number of halogens is 1. The summed E-state index contributed by atoms with van der Waals surface area (Å²) >= 11 is 0. The van der Waals surface area contributed by atoms with Crippen molar-refractivity contribution in [3.63, 3.8) is 0 Å². The van der Waals surface area contributed by atoms with Crippen LogP contribution < -0.4 is 15.5 Å². The second-order valence-corrected chi connectivity index (χ2v) is 12.5. The molecule has 2 N–H and O–H groups in total. The molecule has 2 fully saturated rings. The van der Waals surface area contributed by atoms with Gasteiger partial charge in [-0.15, -0.1) is 0 Å².